The van der Waals surface area contributed by atoms with Crippen LogP contribution in [-0.4, -0.2) is 126 Å². The minimum absolute atomic E-state index is 0.0356. The van der Waals surface area contributed by atoms with Gasteiger partial charge in [0.25, 0.3) is 0 Å². The van der Waals surface area contributed by atoms with Crippen molar-refractivity contribution in [2.45, 2.75) is 123 Å². The number of phenolic OH excluding ortho intramolecular Hbond substituents is 1. The molecule has 5 aromatic rings. The van der Waals surface area contributed by atoms with E-state index in [2.05, 4.69) is 61.4 Å². The van der Waals surface area contributed by atoms with Crippen LogP contribution in [0.15, 0.2) is 72.5 Å². The number of carbonyl (C=O) groups excluding carboxylic acids is 3. The topological polar surface area (TPSA) is 219 Å². The molecule has 17 nitrogen and oxygen atoms in total. The molecule has 2 saturated heterocycles. The van der Waals surface area contributed by atoms with Crippen molar-refractivity contribution in [3.05, 3.63) is 89.3 Å². The van der Waals surface area contributed by atoms with Crippen LogP contribution in [0.25, 0.3) is 21.7 Å². The summed E-state index contributed by atoms with van der Waals surface area (Å²) in [4.78, 5) is 65.2. The number of carbonyl (C=O) groups is 3. The number of aryl methyl sites for hydroxylation is 1. The van der Waals surface area contributed by atoms with Gasteiger partial charge in [-0.2, -0.15) is 0 Å². The predicted octanol–water partition coefficient (Wildman–Crippen LogP) is 6.19. The summed E-state index contributed by atoms with van der Waals surface area (Å²) in [6.45, 7) is 15.5. The Balaban J connectivity index is 0.728. The van der Waals surface area contributed by atoms with E-state index in [0.29, 0.717) is 42.0 Å². The van der Waals surface area contributed by atoms with Crippen LogP contribution in [0.3, 0.4) is 0 Å². The molecule has 18 heteroatoms. The minimum atomic E-state index is -0.852. The molecule has 3 aromatic heterocycles. The third-order valence-electron chi connectivity index (χ3n) is 15.4. The second-order valence-corrected chi connectivity index (χ2v) is 22.9. The quantitative estimate of drug-likeness (QED) is 0.0790. The number of aliphatic hydroxyl groups is 1. The van der Waals surface area contributed by atoms with Crippen LogP contribution in [-0.2, 0) is 27.5 Å². The molecule has 0 radical (unpaired) electrons. The average molecular weight is 999 g/mol. The molecule has 3 amide bonds. The van der Waals surface area contributed by atoms with E-state index in [1.54, 1.807) is 23.5 Å². The lowest BCUT2D eigenvalue weighted by Crippen LogP contribution is -2.60. The Hall–Kier alpha value is -6.24. The maximum absolute atomic E-state index is 14.3. The number of rotatable bonds is 15. The zero-order chi connectivity index (χ0) is 51.1. The summed E-state index contributed by atoms with van der Waals surface area (Å²) in [7, 11) is 2.13. The number of aromatic nitrogens is 5. The number of nitrogens with one attached hydrogen (secondary N) is 2. The fourth-order valence-electron chi connectivity index (χ4n) is 11.8. The second-order valence-electron chi connectivity index (χ2n) is 22.1. The minimum Gasteiger partial charge on any atom is -0.507 e. The number of thiazole rings is 1. The number of amides is 3. The van der Waals surface area contributed by atoms with Gasteiger partial charge < -0.3 is 46.2 Å². The lowest BCUT2D eigenvalue weighted by Gasteiger charge is -2.58. The van der Waals surface area contributed by atoms with Gasteiger partial charge in [-0.05, 0) is 99.1 Å². The maximum Gasteiger partial charge on any atom is 0.246 e. The fourth-order valence-corrected chi connectivity index (χ4v) is 12.6. The number of nitrogens with two attached hydrogens (primary N) is 1. The van der Waals surface area contributed by atoms with Crippen molar-refractivity contribution < 1.29 is 24.6 Å². The first kappa shape index (κ1) is 50.7. The third kappa shape index (κ3) is 10.8. The lowest BCUT2D eigenvalue weighted by molar-refractivity contribution is -0.149. The Labute approximate surface area is 426 Å². The van der Waals surface area contributed by atoms with E-state index in [1.807, 2.05) is 88.1 Å². The van der Waals surface area contributed by atoms with E-state index < -0.39 is 23.6 Å². The summed E-state index contributed by atoms with van der Waals surface area (Å²) in [6.07, 6.45) is 7.79. The van der Waals surface area contributed by atoms with Gasteiger partial charge in [0.1, 0.15) is 17.8 Å². The van der Waals surface area contributed by atoms with Crippen LogP contribution in [0, 0.1) is 29.6 Å². The number of phenols is 1. The molecular weight excluding hydrogens is 929 g/mol. The first-order chi connectivity index (χ1) is 34.4. The molecule has 2 aliphatic heterocycles. The number of hydrogen-bond donors (Lipinski definition) is 5. The van der Waals surface area contributed by atoms with Crippen molar-refractivity contribution in [1.29, 1.82) is 0 Å². The Bertz CT molecular complexity index is 2730. The highest BCUT2D eigenvalue weighted by Gasteiger charge is 2.55. The molecule has 6 N–H and O–H groups in total. The predicted molar refractivity (Wildman–Crippen MR) is 280 cm³/mol. The van der Waals surface area contributed by atoms with Gasteiger partial charge in [-0.3, -0.25) is 14.4 Å². The summed E-state index contributed by atoms with van der Waals surface area (Å²) in [5.74, 6) is 0.771. The smallest absolute Gasteiger partial charge is 0.246 e. The number of aliphatic hydroxyl groups excluding tert-OH is 1. The maximum atomic E-state index is 14.3. The highest BCUT2D eigenvalue weighted by atomic mass is 32.1. The summed E-state index contributed by atoms with van der Waals surface area (Å²) in [6, 6.07) is 15.5. The molecule has 4 aliphatic rings. The van der Waals surface area contributed by atoms with Gasteiger partial charge in [0.15, 0.2) is 5.82 Å². The first-order valence-corrected chi connectivity index (χ1v) is 26.3. The summed E-state index contributed by atoms with van der Waals surface area (Å²) >= 11 is 1.59. The van der Waals surface area contributed by atoms with Crippen molar-refractivity contribution in [2.75, 3.05) is 48.8 Å². The van der Waals surface area contributed by atoms with Gasteiger partial charge in [-0.15, -0.1) is 21.5 Å². The highest BCUT2D eigenvalue weighted by Crippen LogP contribution is 2.61. The van der Waals surface area contributed by atoms with Crippen LogP contribution in [0.1, 0.15) is 90.0 Å². The number of nitrogens with zero attached hydrogens (tertiary/aromatic N) is 9. The van der Waals surface area contributed by atoms with E-state index in [1.165, 1.54) is 4.90 Å². The van der Waals surface area contributed by atoms with Crippen molar-refractivity contribution in [3.63, 3.8) is 0 Å². The van der Waals surface area contributed by atoms with Crippen LogP contribution in [0.5, 0.6) is 5.75 Å². The van der Waals surface area contributed by atoms with Gasteiger partial charge in [-0.1, -0.05) is 64.1 Å². The second kappa shape index (κ2) is 20.7. The van der Waals surface area contributed by atoms with Crippen molar-refractivity contribution >= 4 is 46.5 Å². The fraction of sp³-hybridized carbons (Fsp3) is 0.519. The third-order valence-corrected chi connectivity index (χ3v) is 16.4. The number of piperazine rings is 1. The van der Waals surface area contributed by atoms with Crippen molar-refractivity contribution in [2.24, 2.45) is 22.7 Å². The largest absolute Gasteiger partial charge is 0.507 e. The Morgan fingerprint density at radius 3 is 2.35 bits per heavy atom. The SMILES string of the molecule is CCC1CN(c2cc(-c3ccccc3O)nnc2N)CC(C)N1c1ncc(CN(C)C[C@H]2CC3(C2)C[C@H](C(=O)N[C@H](C(=O)N2C[C@H](O)C[C@H]2C(=O)NCc2ccc(-c4scnc4C)cc2)C(C)(C)C)C3)cn1. The van der Waals surface area contributed by atoms with Gasteiger partial charge in [0.05, 0.1) is 33.6 Å². The number of hydrogen-bond acceptors (Lipinski definition) is 15. The number of anilines is 3. The molecule has 0 bridgehead atoms. The Morgan fingerprint density at radius 2 is 1.68 bits per heavy atom. The van der Waals surface area contributed by atoms with Crippen LogP contribution in [0.2, 0.25) is 0 Å². The molecule has 2 aliphatic carbocycles. The first-order valence-electron chi connectivity index (χ1n) is 25.4. The molecule has 72 heavy (non-hydrogen) atoms. The summed E-state index contributed by atoms with van der Waals surface area (Å²) < 4.78 is 0. The van der Waals surface area contributed by atoms with Gasteiger partial charge in [0, 0.05) is 87.2 Å². The Kier molecular flexibility index (Phi) is 14.6. The van der Waals surface area contributed by atoms with E-state index in [0.717, 1.165) is 78.1 Å². The molecule has 1 spiro atoms. The van der Waals surface area contributed by atoms with Crippen LogP contribution in [0.4, 0.5) is 17.5 Å². The Morgan fingerprint density at radius 1 is 0.958 bits per heavy atom. The van der Waals surface area contributed by atoms with Crippen molar-refractivity contribution in [3.8, 4) is 27.4 Å². The van der Waals surface area contributed by atoms with Crippen LogP contribution < -0.4 is 26.2 Å². The summed E-state index contributed by atoms with van der Waals surface area (Å²) in [5.41, 5.74) is 13.7. The zero-order valence-corrected chi connectivity index (χ0v) is 43.4. The van der Waals surface area contributed by atoms with E-state index in [4.69, 9.17) is 15.7 Å². The normalized spacial score (nSPS) is 24.5. The molecule has 9 rings (SSSR count). The zero-order valence-electron chi connectivity index (χ0n) is 42.6. The van der Waals surface area contributed by atoms with Gasteiger partial charge >= 0.3 is 0 Å². The van der Waals surface area contributed by atoms with E-state index in [-0.39, 0.29) is 66.4 Å². The molecule has 2 aromatic carbocycles. The highest BCUT2D eigenvalue weighted by molar-refractivity contribution is 7.13. The molecule has 5 atom stereocenters. The molecule has 4 fully saturated rings. The number of nitrogen functional groups attached to an aromatic ring is 1. The van der Waals surface area contributed by atoms with Gasteiger partial charge in [0.2, 0.25) is 23.7 Å². The lowest BCUT2D eigenvalue weighted by atomic mass is 9.48. The van der Waals surface area contributed by atoms with Crippen molar-refractivity contribution in [1.82, 2.24) is 45.6 Å². The molecule has 5 heterocycles. The number of β-amino-alcohol motifs (C(OH)–C–C–N with tert-alkyl or cyclic N) is 1. The van der Waals surface area contributed by atoms with E-state index in [9.17, 15) is 24.6 Å². The number of benzene rings is 2. The van der Waals surface area contributed by atoms with Crippen LogP contribution >= 0.6 is 11.3 Å². The van der Waals surface area contributed by atoms with Gasteiger partial charge in [-0.25, -0.2) is 15.0 Å². The number of likely N-dealkylation sites (tertiary alicyclic amines) is 1. The summed E-state index contributed by atoms with van der Waals surface area (Å²) in [5, 5.41) is 35.8. The molecule has 2 saturated carbocycles. The number of para-hydroxylation sites is 1. The molecular formula is C54H70N12O5S. The molecule has 382 valence electrons. The number of aromatic hydroxyl groups is 1. The van der Waals surface area contributed by atoms with E-state index >= 15 is 0 Å². The monoisotopic (exact) mass is 999 g/mol. The molecule has 2 unspecified atom stereocenters. The average Bonchev–Trinajstić information content (AvgIpc) is 3.95. The standard InChI is InChI=1S/C54H70N12O5S/c1-8-39-29-64(43-18-42(61-62-48(43)55)41-11-9-10-12-45(41)68)26-32(2)66(39)52-57-24-36(25-58-52)28-63(7)27-35-19-54(20-35)21-38(22-54)49(69)60-47(53(4,5)6)51(71)65-30-40(67)17-44(65)50(70)56-23-34-13-15-37(16-14-34)46-33(3)59-31-72-46/h9-16,18,24-25,31-32,35,38-40,44,47,67-68H,8,17,19-23,26-30H2,1-7H3,(H2,55,62)(H,56,70)(H,60,69)/t32?,35-,38-,39?,40-,44+,47-,54?/m1/s1.